The van der Waals surface area contributed by atoms with Crippen LogP contribution in [0.3, 0.4) is 0 Å². The molecule has 1 atom stereocenters. The van der Waals surface area contributed by atoms with E-state index in [2.05, 4.69) is 24.4 Å². The van der Waals surface area contributed by atoms with Crippen LogP contribution >= 0.6 is 0 Å². The summed E-state index contributed by atoms with van der Waals surface area (Å²) in [6, 6.07) is 19.7. The minimum absolute atomic E-state index is 0.000474. The smallest absolute Gasteiger partial charge is 0.251 e. The molecule has 1 unspecified atom stereocenters. The number of amides is 1. The largest absolute Gasteiger partial charge is 0.352 e. The number of hydrogen-bond acceptors (Lipinski definition) is 1. The molecule has 2 aromatic rings. The first-order valence-electron chi connectivity index (χ1n) is 6.63. The Morgan fingerprint density at radius 2 is 1.58 bits per heavy atom. The molecule has 0 aliphatic carbocycles. The van der Waals surface area contributed by atoms with Crippen molar-refractivity contribution in [3.05, 3.63) is 71.8 Å². The molecule has 2 nitrogen and oxygen atoms in total. The maximum atomic E-state index is 11.9. The number of carbonyl (C=O) groups excluding carboxylic acids is 1. The summed E-state index contributed by atoms with van der Waals surface area (Å²) in [6.45, 7) is 2.85. The van der Waals surface area contributed by atoms with E-state index in [1.165, 1.54) is 5.56 Å². The van der Waals surface area contributed by atoms with E-state index in [1.54, 1.807) is 0 Å². The quantitative estimate of drug-likeness (QED) is 0.870. The van der Waals surface area contributed by atoms with Gasteiger partial charge in [-0.15, -0.1) is 0 Å². The van der Waals surface area contributed by atoms with Crippen molar-refractivity contribution in [1.29, 1.82) is 0 Å². The predicted octanol–water partition coefficient (Wildman–Crippen LogP) is 3.30. The highest BCUT2D eigenvalue weighted by Crippen LogP contribution is 2.07. The molecule has 0 radical (unpaired) electrons. The standard InChI is InChI=1S/C17H19NO/c1-14(12-15-8-4-2-5-9-15)13-18-17(19)16-10-6-3-7-11-16/h2-11,14H,12-13H2,1H3,(H,18,19). The summed E-state index contributed by atoms with van der Waals surface area (Å²) >= 11 is 0. The van der Waals surface area contributed by atoms with E-state index in [0.29, 0.717) is 12.5 Å². The first-order valence-corrected chi connectivity index (χ1v) is 6.63. The molecule has 0 aliphatic rings. The van der Waals surface area contributed by atoms with Gasteiger partial charge in [0, 0.05) is 12.1 Å². The second-order valence-electron chi connectivity index (χ2n) is 4.87. The van der Waals surface area contributed by atoms with Crippen LogP contribution in [0.5, 0.6) is 0 Å². The normalized spacial score (nSPS) is 11.8. The molecule has 2 heteroatoms. The lowest BCUT2D eigenvalue weighted by Crippen LogP contribution is -2.29. The van der Waals surface area contributed by atoms with Gasteiger partial charge in [-0.1, -0.05) is 55.5 Å². The van der Waals surface area contributed by atoms with Crippen LogP contribution in [0.2, 0.25) is 0 Å². The summed E-state index contributed by atoms with van der Waals surface area (Å²) in [5, 5.41) is 2.98. The van der Waals surface area contributed by atoms with Crippen LogP contribution < -0.4 is 5.32 Å². The van der Waals surface area contributed by atoms with E-state index in [0.717, 1.165) is 12.0 Å². The molecular formula is C17H19NO. The van der Waals surface area contributed by atoms with Crippen molar-refractivity contribution in [1.82, 2.24) is 5.32 Å². The molecule has 0 aliphatic heterocycles. The van der Waals surface area contributed by atoms with Crippen LogP contribution in [0.1, 0.15) is 22.8 Å². The highest BCUT2D eigenvalue weighted by Gasteiger charge is 2.07. The molecular weight excluding hydrogens is 234 g/mol. The Kier molecular flexibility index (Phi) is 4.73. The van der Waals surface area contributed by atoms with Crippen molar-refractivity contribution < 1.29 is 4.79 Å². The van der Waals surface area contributed by atoms with Gasteiger partial charge in [-0.3, -0.25) is 4.79 Å². The van der Waals surface area contributed by atoms with Crippen LogP contribution in [0.4, 0.5) is 0 Å². The number of nitrogens with one attached hydrogen (secondary N) is 1. The lowest BCUT2D eigenvalue weighted by Gasteiger charge is -2.12. The average molecular weight is 253 g/mol. The Labute approximate surface area is 114 Å². The van der Waals surface area contributed by atoms with Gasteiger partial charge in [0.1, 0.15) is 0 Å². The molecule has 0 bridgehead atoms. The molecule has 98 valence electrons. The Morgan fingerprint density at radius 3 is 2.21 bits per heavy atom. The Hall–Kier alpha value is -2.09. The molecule has 1 amide bonds. The second kappa shape index (κ2) is 6.74. The zero-order valence-electron chi connectivity index (χ0n) is 11.2. The van der Waals surface area contributed by atoms with Crippen LogP contribution in [0.15, 0.2) is 60.7 Å². The fourth-order valence-corrected chi connectivity index (χ4v) is 2.05. The molecule has 0 heterocycles. The third kappa shape index (κ3) is 4.25. The maximum absolute atomic E-state index is 11.9. The monoisotopic (exact) mass is 253 g/mol. The van der Waals surface area contributed by atoms with Crippen LogP contribution in [-0.4, -0.2) is 12.5 Å². The van der Waals surface area contributed by atoms with Gasteiger partial charge in [0.2, 0.25) is 0 Å². The topological polar surface area (TPSA) is 29.1 Å². The summed E-state index contributed by atoms with van der Waals surface area (Å²) < 4.78 is 0. The average Bonchev–Trinajstić information content (AvgIpc) is 2.47. The molecule has 0 fully saturated rings. The molecule has 2 rings (SSSR count). The number of carbonyl (C=O) groups is 1. The number of benzene rings is 2. The summed E-state index contributed by atoms with van der Waals surface area (Å²) in [5.74, 6) is 0.426. The van der Waals surface area contributed by atoms with E-state index in [9.17, 15) is 4.79 Å². The van der Waals surface area contributed by atoms with Gasteiger partial charge < -0.3 is 5.32 Å². The first kappa shape index (κ1) is 13.3. The zero-order valence-corrected chi connectivity index (χ0v) is 11.2. The first-order chi connectivity index (χ1) is 9.25. The SMILES string of the molecule is CC(CNC(=O)c1ccccc1)Cc1ccccc1. The van der Waals surface area contributed by atoms with Crippen LogP contribution in [-0.2, 0) is 6.42 Å². The van der Waals surface area contributed by atoms with Crippen LogP contribution in [0.25, 0.3) is 0 Å². The third-order valence-corrected chi connectivity index (χ3v) is 3.07. The van der Waals surface area contributed by atoms with Gasteiger partial charge in [-0.05, 0) is 30.0 Å². The summed E-state index contributed by atoms with van der Waals surface area (Å²) in [4.78, 5) is 11.9. The number of hydrogen-bond donors (Lipinski definition) is 1. The minimum atomic E-state index is 0.000474. The lowest BCUT2D eigenvalue weighted by molar-refractivity contribution is 0.0948. The zero-order chi connectivity index (χ0) is 13.5. The summed E-state index contributed by atoms with van der Waals surface area (Å²) in [5.41, 5.74) is 2.03. The van der Waals surface area contributed by atoms with Crippen LogP contribution in [0, 0.1) is 5.92 Å². The molecule has 19 heavy (non-hydrogen) atoms. The van der Waals surface area contributed by atoms with Crippen molar-refractivity contribution in [3.63, 3.8) is 0 Å². The highest BCUT2D eigenvalue weighted by atomic mass is 16.1. The van der Waals surface area contributed by atoms with Crippen molar-refractivity contribution in [2.24, 2.45) is 5.92 Å². The van der Waals surface area contributed by atoms with E-state index < -0.39 is 0 Å². The van der Waals surface area contributed by atoms with Gasteiger partial charge in [-0.2, -0.15) is 0 Å². The van der Waals surface area contributed by atoms with Crippen molar-refractivity contribution >= 4 is 5.91 Å². The van der Waals surface area contributed by atoms with Gasteiger partial charge in [0.05, 0.1) is 0 Å². The summed E-state index contributed by atoms with van der Waals surface area (Å²) in [6.07, 6.45) is 0.982. The van der Waals surface area contributed by atoms with Crippen molar-refractivity contribution in [3.8, 4) is 0 Å². The highest BCUT2D eigenvalue weighted by molar-refractivity contribution is 5.94. The van der Waals surface area contributed by atoms with Gasteiger partial charge in [-0.25, -0.2) is 0 Å². The molecule has 0 saturated carbocycles. The fourth-order valence-electron chi connectivity index (χ4n) is 2.05. The summed E-state index contributed by atoms with van der Waals surface area (Å²) in [7, 11) is 0. The fraction of sp³-hybridized carbons (Fsp3) is 0.235. The predicted molar refractivity (Wildman–Crippen MR) is 78.1 cm³/mol. The van der Waals surface area contributed by atoms with Gasteiger partial charge in [0.15, 0.2) is 0 Å². The minimum Gasteiger partial charge on any atom is -0.352 e. The van der Waals surface area contributed by atoms with Gasteiger partial charge >= 0.3 is 0 Å². The van der Waals surface area contributed by atoms with E-state index in [1.807, 2.05) is 48.5 Å². The van der Waals surface area contributed by atoms with E-state index in [4.69, 9.17) is 0 Å². The Balaban J connectivity index is 1.81. The second-order valence-corrected chi connectivity index (χ2v) is 4.87. The molecule has 0 spiro atoms. The van der Waals surface area contributed by atoms with E-state index in [-0.39, 0.29) is 5.91 Å². The third-order valence-electron chi connectivity index (χ3n) is 3.07. The van der Waals surface area contributed by atoms with Crippen molar-refractivity contribution in [2.75, 3.05) is 6.54 Å². The molecule has 2 aromatic carbocycles. The maximum Gasteiger partial charge on any atom is 0.251 e. The lowest BCUT2D eigenvalue weighted by atomic mass is 10.0. The Bertz CT molecular complexity index is 507. The van der Waals surface area contributed by atoms with E-state index >= 15 is 0 Å². The van der Waals surface area contributed by atoms with Crippen molar-refractivity contribution in [2.45, 2.75) is 13.3 Å². The number of rotatable bonds is 5. The molecule has 0 saturated heterocycles. The molecule has 0 aromatic heterocycles. The molecule has 1 N–H and O–H groups in total. The van der Waals surface area contributed by atoms with Gasteiger partial charge in [0.25, 0.3) is 5.91 Å². The Morgan fingerprint density at radius 1 is 1.00 bits per heavy atom.